The molecule has 6 heteroatoms. The fourth-order valence-corrected chi connectivity index (χ4v) is 4.15. The number of rotatable bonds is 18. The minimum Gasteiger partial charge on any atom is -0.324 e. The first-order chi connectivity index (χ1) is 17.4. The molecule has 0 aliphatic heterocycles. The minimum atomic E-state index is -1.50. The smallest absolute Gasteiger partial charge is 0.250 e. The molecule has 2 aromatic carbocycles. The SMILES string of the molecule is CCCCCCCCCCCCC(=O)c1cccc(NC(=O)C(Cl)C(=O)CC(=O)c2ccccc2)c1. The van der Waals surface area contributed by atoms with Crippen LogP contribution in [0.15, 0.2) is 54.6 Å². The Balaban J connectivity index is 1.73. The zero-order chi connectivity index (χ0) is 26.2. The van der Waals surface area contributed by atoms with E-state index in [9.17, 15) is 19.2 Å². The fourth-order valence-electron chi connectivity index (χ4n) is 4.01. The van der Waals surface area contributed by atoms with Crippen LogP contribution >= 0.6 is 11.6 Å². The van der Waals surface area contributed by atoms with Crippen molar-refractivity contribution < 1.29 is 19.2 Å². The van der Waals surface area contributed by atoms with Crippen LogP contribution in [0.1, 0.15) is 105 Å². The van der Waals surface area contributed by atoms with Gasteiger partial charge in [0, 0.05) is 23.2 Å². The van der Waals surface area contributed by atoms with Gasteiger partial charge in [-0.25, -0.2) is 0 Å². The Kier molecular flexibility index (Phi) is 13.7. The van der Waals surface area contributed by atoms with Gasteiger partial charge in [0.05, 0.1) is 6.42 Å². The summed E-state index contributed by atoms with van der Waals surface area (Å²) in [6, 6.07) is 15.0. The molecule has 0 saturated heterocycles. The predicted molar refractivity (Wildman–Crippen MR) is 146 cm³/mol. The summed E-state index contributed by atoms with van der Waals surface area (Å²) >= 11 is 6.04. The molecule has 0 heterocycles. The molecule has 1 atom stereocenters. The Labute approximate surface area is 220 Å². The third kappa shape index (κ3) is 10.9. The Morgan fingerprint density at radius 3 is 1.94 bits per heavy atom. The van der Waals surface area contributed by atoms with Gasteiger partial charge in [-0.1, -0.05) is 107 Å². The lowest BCUT2D eigenvalue weighted by molar-refractivity contribution is -0.124. The number of nitrogens with one attached hydrogen (secondary N) is 1. The van der Waals surface area contributed by atoms with Crippen LogP contribution in [0.25, 0.3) is 0 Å². The van der Waals surface area contributed by atoms with E-state index in [1.54, 1.807) is 54.6 Å². The summed E-state index contributed by atoms with van der Waals surface area (Å²) < 4.78 is 0. The van der Waals surface area contributed by atoms with E-state index >= 15 is 0 Å². The van der Waals surface area contributed by atoms with Gasteiger partial charge in [-0.2, -0.15) is 0 Å². The number of hydrogen-bond donors (Lipinski definition) is 1. The van der Waals surface area contributed by atoms with E-state index in [0.29, 0.717) is 23.2 Å². The molecule has 36 heavy (non-hydrogen) atoms. The van der Waals surface area contributed by atoms with Gasteiger partial charge >= 0.3 is 0 Å². The molecule has 1 amide bonds. The molecule has 1 N–H and O–H groups in total. The highest BCUT2D eigenvalue weighted by molar-refractivity contribution is 6.44. The molecule has 1 unspecified atom stereocenters. The number of carbonyl (C=O) groups is 4. The second kappa shape index (κ2) is 16.8. The van der Waals surface area contributed by atoms with Crippen LogP contribution in [0.4, 0.5) is 5.69 Å². The lowest BCUT2D eigenvalue weighted by Gasteiger charge is -2.11. The third-order valence-corrected chi connectivity index (χ3v) is 6.59. The number of hydrogen-bond acceptors (Lipinski definition) is 4. The Morgan fingerprint density at radius 1 is 0.722 bits per heavy atom. The fraction of sp³-hybridized carbons (Fsp3) is 0.467. The molecule has 0 bridgehead atoms. The second-order valence-corrected chi connectivity index (χ2v) is 9.66. The standard InChI is InChI=1S/C30H38ClNO4/c1-2-3-4-5-6-7-8-9-10-14-20-26(33)24-18-15-19-25(21-24)32-30(36)29(31)28(35)22-27(34)23-16-12-11-13-17-23/h11-13,15-19,21,29H,2-10,14,20,22H2,1H3,(H,32,36). The first-order valence-corrected chi connectivity index (χ1v) is 13.5. The van der Waals surface area contributed by atoms with Gasteiger partial charge in [-0.05, 0) is 18.6 Å². The van der Waals surface area contributed by atoms with Crippen LogP contribution in [-0.4, -0.2) is 28.6 Å². The Bertz CT molecular complexity index is 989. The van der Waals surface area contributed by atoms with Crippen molar-refractivity contribution in [1.29, 1.82) is 0 Å². The lowest BCUT2D eigenvalue weighted by atomic mass is 10.0. The lowest BCUT2D eigenvalue weighted by Crippen LogP contribution is -2.31. The normalized spacial score (nSPS) is 11.6. The number of alkyl halides is 1. The summed E-state index contributed by atoms with van der Waals surface area (Å²) in [5.41, 5.74) is 1.30. The van der Waals surface area contributed by atoms with Crippen molar-refractivity contribution in [3.63, 3.8) is 0 Å². The van der Waals surface area contributed by atoms with E-state index in [0.717, 1.165) is 19.3 Å². The van der Waals surface area contributed by atoms with Gasteiger partial charge in [-0.3, -0.25) is 19.2 Å². The molecule has 0 aliphatic carbocycles. The molecule has 0 saturated carbocycles. The Morgan fingerprint density at radius 2 is 1.31 bits per heavy atom. The average molecular weight is 512 g/mol. The summed E-state index contributed by atoms with van der Waals surface area (Å²) in [5.74, 6) is -1.76. The zero-order valence-corrected chi connectivity index (χ0v) is 22.0. The second-order valence-electron chi connectivity index (χ2n) is 9.22. The summed E-state index contributed by atoms with van der Waals surface area (Å²) in [6.07, 6.45) is 12.1. The van der Waals surface area contributed by atoms with E-state index < -0.39 is 29.3 Å². The highest BCUT2D eigenvalue weighted by Gasteiger charge is 2.26. The molecule has 194 valence electrons. The van der Waals surface area contributed by atoms with E-state index in [4.69, 9.17) is 11.6 Å². The van der Waals surface area contributed by atoms with Crippen molar-refractivity contribution in [3.05, 3.63) is 65.7 Å². The maximum atomic E-state index is 12.6. The van der Waals surface area contributed by atoms with Gasteiger partial charge in [-0.15, -0.1) is 11.6 Å². The first kappa shape index (κ1) is 29.4. The monoisotopic (exact) mass is 511 g/mol. The van der Waals surface area contributed by atoms with Crippen LogP contribution in [-0.2, 0) is 9.59 Å². The summed E-state index contributed by atoms with van der Waals surface area (Å²) in [7, 11) is 0. The number of amides is 1. The molecule has 0 fully saturated rings. The van der Waals surface area contributed by atoms with E-state index in [-0.39, 0.29) is 5.78 Å². The van der Waals surface area contributed by atoms with Crippen LogP contribution in [0, 0.1) is 0 Å². The summed E-state index contributed by atoms with van der Waals surface area (Å²) in [4.78, 5) is 49.6. The number of unbranched alkanes of at least 4 members (excludes halogenated alkanes) is 9. The van der Waals surface area contributed by atoms with E-state index in [1.807, 2.05) is 0 Å². The average Bonchev–Trinajstić information content (AvgIpc) is 2.89. The minimum absolute atomic E-state index is 0.0256. The summed E-state index contributed by atoms with van der Waals surface area (Å²) in [6.45, 7) is 2.23. The van der Waals surface area contributed by atoms with Gasteiger partial charge in [0.15, 0.2) is 22.7 Å². The van der Waals surface area contributed by atoms with E-state index in [1.165, 1.54) is 44.9 Å². The van der Waals surface area contributed by atoms with Gasteiger partial charge < -0.3 is 5.32 Å². The topological polar surface area (TPSA) is 80.3 Å². The quantitative estimate of drug-likeness (QED) is 0.0968. The number of ketones is 3. The zero-order valence-electron chi connectivity index (χ0n) is 21.3. The molecule has 0 aromatic heterocycles. The van der Waals surface area contributed by atoms with Gasteiger partial charge in [0.2, 0.25) is 5.91 Å². The number of halogens is 1. The number of carbonyl (C=O) groups excluding carboxylic acids is 4. The maximum absolute atomic E-state index is 12.6. The molecule has 0 radical (unpaired) electrons. The van der Waals surface area contributed by atoms with Crippen molar-refractivity contribution in [2.75, 3.05) is 5.32 Å². The number of Topliss-reactive ketones (excluding diaryl/α,β-unsaturated/α-hetero) is 3. The van der Waals surface area contributed by atoms with Crippen molar-refractivity contribution >= 4 is 40.5 Å². The molecule has 2 aromatic rings. The molecule has 5 nitrogen and oxygen atoms in total. The molecule has 0 spiro atoms. The molecular formula is C30H38ClNO4. The van der Waals surface area contributed by atoms with Crippen molar-refractivity contribution in [3.8, 4) is 0 Å². The van der Waals surface area contributed by atoms with Gasteiger partial charge in [0.1, 0.15) is 0 Å². The van der Waals surface area contributed by atoms with Crippen LogP contribution in [0.2, 0.25) is 0 Å². The predicted octanol–water partition coefficient (Wildman–Crippen LogP) is 7.57. The maximum Gasteiger partial charge on any atom is 0.250 e. The first-order valence-electron chi connectivity index (χ1n) is 13.1. The van der Waals surface area contributed by atoms with Crippen LogP contribution < -0.4 is 5.32 Å². The van der Waals surface area contributed by atoms with Crippen LogP contribution in [0.5, 0.6) is 0 Å². The molecule has 0 aliphatic rings. The largest absolute Gasteiger partial charge is 0.324 e. The van der Waals surface area contributed by atoms with Crippen molar-refractivity contribution in [2.24, 2.45) is 0 Å². The van der Waals surface area contributed by atoms with Crippen LogP contribution in [0.3, 0.4) is 0 Å². The third-order valence-electron chi connectivity index (χ3n) is 6.15. The van der Waals surface area contributed by atoms with Gasteiger partial charge in [0.25, 0.3) is 0 Å². The summed E-state index contributed by atoms with van der Waals surface area (Å²) in [5, 5.41) is 1.09. The highest BCUT2D eigenvalue weighted by atomic mass is 35.5. The number of benzene rings is 2. The Hall–Kier alpha value is -2.79. The number of anilines is 1. The molecular weight excluding hydrogens is 474 g/mol. The van der Waals surface area contributed by atoms with Crippen molar-refractivity contribution in [2.45, 2.75) is 89.4 Å². The van der Waals surface area contributed by atoms with Crippen molar-refractivity contribution in [1.82, 2.24) is 0 Å². The van der Waals surface area contributed by atoms with E-state index in [2.05, 4.69) is 12.2 Å². The molecule has 2 rings (SSSR count). The highest BCUT2D eigenvalue weighted by Crippen LogP contribution is 2.17.